The molecule has 0 amide bonds. The van der Waals surface area contributed by atoms with E-state index in [0.29, 0.717) is 33.4 Å². The number of halogens is 2. The molecule has 0 saturated heterocycles. The van der Waals surface area contributed by atoms with E-state index < -0.39 is 5.97 Å². The van der Waals surface area contributed by atoms with Crippen molar-refractivity contribution >= 4 is 35.0 Å². The number of imidazole rings is 1. The van der Waals surface area contributed by atoms with E-state index in [1.807, 2.05) is 13.8 Å². The summed E-state index contributed by atoms with van der Waals surface area (Å²) in [7, 11) is 1.33. The first-order chi connectivity index (χ1) is 12.4. The van der Waals surface area contributed by atoms with Gasteiger partial charge >= 0.3 is 5.97 Å². The van der Waals surface area contributed by atoms with Crippen LogP contribution in [0, 0.1) is 5.92 Å². The first-order valence-corrected chi connectivity index (χ1v) is 9.28. The number of aromatic nitrogens is 2. The monoisotopic (exact) mass is 396 g/mol. The summed E-state index contributed by atoms with van der Waals surface area (Å²) < 4.78 is 4.81. The number of H-pyrrole nitrogens is 1. The molecular formula is C19H22Cl2N2O3. The largest absolute Gasteiger partial charge is 0.464 e. The molecule has 0 bridgehead atoms. The van der Waals surface area contributed by atoms with Gasteiger partial charge in [0.15, 0.2) is 5.78 Å². The second kappa shape index (κ2) is 9.19. The Balaban J connectivity index is 2.27. The summed E-state index contributed by atoms with van der Waals surface area (Å²) in [6, 6.07) is 4.87. The summed E-state index contributed by atoms with van der Waals surface area (Å²) >= 11 is 12.1. The van der Waals surface area contributed by atoms with Crippen LogP contribution in [0.2, 0.25) is 10.0 Å². The number of benzene rings is 1. The lowest BCUT2D eigenvalue weighted by molar-refractivity contribution is 0.0592. The number of ether oxygens (including phenoxy) is 1. The quantitative estimate of drug-likeness (QED) is 0.485. The molecule has 0 aliphatic rings. The molecule has 5 nitrogen and oxygen atoms in total. The second-order valence-electron chi connectivity index (χ2n) is 6.09. The van der Waals surface area contributed by atoms with Crippen LogP contribution in [0.5, 0.6) is 0 Å². The van der Waals surface area contributed by atoms with Crippen molar-refractivity contribution in [1.29, 1.82) is 0 Å². The van der Waals surface area contributed by atoms with Gasteiger partial charge in [-0.2, -0.15) is 0 Å². The number of carbonyl (C=O) groups is 2. The van der Waals surface area contributed by atoms with Crippen molar-refractivity contribution in [3.8, 4) is 0 Å². The van der Waals surface area contributed by atoms with E-state index in [2.05, 4.69) is 9.97 Å². The van der Waals surface area contributed by atoms with Crippen molar-refractivity contribution in [1.82, 2.24) is 9.97 Å². The maximum absolute atomic E-state index is 12.8. The number of hydrogen-bond donors (Lipinski definition) is 1. The molecule has 1 heterocycles. The molecule has 1 aromatic carbocycles. The van der Waals surface area contributed by atoms with Gasteiger partial charge in [-0.3, -0.25) is 4.79 Å². The second-order valence-corrected chi connectivity index (χ2v) is 6.93. The van der Waals surface area contributed by atoms with Crippen LogP contribution in [0.4, 0.5) is 0 Å². The Morgan fingerprint density at radius 3 is 2.54 bits per heavy atom. The van der Waals surface area contributed by atoms with E-state index in [1.54, 1.807) is 18.2 Å². The van der Waals surface area contributed by atoms with Gasteiger partial charge in [0.1, 0.15) is 5.69 Å². The van der Waals surface area contributed by atoms with Gasteiger partial charge in [0.25, 0.3) is 0 Å². The van der Waals surface area contributed by atoms with Crippen LogP contribution in [-0.4, -0.2) is 28.8 Å². The van der Waals surface area contributed by atoms with Gasteiger partial charge in [0.2, 0.25) is 0 Å². The van der Waals surface area contributed by atoms with Gasteiger partial charge in [-0.15, -0.1) is 0 Å². The van der Waals surface area contributed by atoms with E-state index >= 15 is 0 Å². The molecule has 7 heteroatoms. The van der Waals surface area contributed by atoms with Gasteiger partial charge in [0, 0.05) is 22.9 Å². The first-order valence-electron chi connectivity index (χ1n) is 8.52. The molecule has 0 aliphatic heterocycles. The van der Waals surface area contributed by atoms with Gasteiger partial charge in [-0.05, 0) is 30.5 Å². The Labute approximate surface area is 163 Å². The maximum Gasteiger partial charge on any atom is 0.356 e. The number of hydrogen-bond acceptors (Lipinski definition) is 4. The third-order valence-corrected chi connectivity index (χ3v) is 5.17. The number of ketones is 1. The van der Waals surface area contributed by atoms with E-state index in [9.17, 15) is 9.59 Å². The van der Waals surface area contributed by atoms with Crippen LogP contribution < -0.4 is 0 Å². The SMILES string of the molecule is CCC(CC(=O)c1ccc(Cl)cc1Cl)C(CC)c1nc[nH]c1C(=O)OC. The smallest absolute Gasteiger partial charge is 0.356 e. The van der Waals surface area contributed by atoms with Crippen molar-refractivity contribution in [3.63, 3.8) is 0 Å². The predicted octanol–water partition coefficient (Wildman–Crippen LogP) is 5.30. The molecular weight excluding hydrogens is 375 g/mol. The predicted molar refractivity (Wildman–Crippen MR) is 102 cm³/mol. The molecule has 0 spiro atoms. The van der Waals surface area contributed by atoms with Crippen LogP contribution in [0.3, 0.4) is 0 Å². The minimum atomic E-state index is -0.460. The van der Waals surface area contributed by atoms with E-state index in [1.165, 1.54) is 13.4 Å². The molecule has 0 saturated carbocycles. The summed E-state index contributed by atoms with van der Waals surface area (Å²) in [4.78, 5) is 31.9. The molecule has 2 atom stereocenters. The zero-order chi connectivity index (χ0) is 19.3. The van der Waals surface area contributed by atoms with Crippen LogP contribution >= 0.6 is 23.2 Å². The zero-order valence-corrected chi connectivity index (χ0v) is 16.5. The van der Waals surface area contributed by atoms with Crippen molar-refractivity contribution in [3.05, 3.63) is 51.5 Å². The maximum atomic E-state index is 12.8. The highest BCUT2D eigenvalue weighted by Crippen LogP contribution is 2.35. The number of methoxy groups -OCH3 is 1. The normalized spacial score (nSPS) is 13.3. The highest BCUT2D eigenvalue weighted by molar-refractivity contribution is 6.36. The number of carbonyl (C=O) groups excluding carboxylic acids is 2. The Morgan fingerprint density at radius 2 is 1.96 bits per heavy atom. The lowest BCUT2D eigenvalue weighted by Crippen LogP contribution is -2.19. The fraction of sp³-hybridized carbons (Fsp3) is 0.421. The number of nitrogens with zero attached hydrogens (tertiary/aromatic N) is 1. The Hall–Kier alpha value is -1.85. The third kappa shape index (κ3) is 4.46. The zero-order valence-electron chi connectivity index (χ0n) is 15.0. The van der Waals surface area contributed by atoms with Crippen LogP contribution in [0.15, 0.2) is 24.5 Å². The third-order valence-electron chi connectivity index (χ3n) is 4.62. The minimum absolute atomic E-state index is 0.0194. The Bertz CT molecular complexity index is 789. The molecule has 0 radical (unpaired) electrons. The number of aromatic amines is 1. The lowest BCUT2D eigenvalue weighted by Gasteiger charge is -2.24. The standard InChI is InChI=1S/C19H22Cl2N2O3/c1-4-11(8-16(24)14-7-6-12(20)9-15(14)21)13(5-2)17-18(19(25)26-3)23-10-22-17/h6-7,9-11,13H,4-5,8H2,1-3H3,(H,22,23). The summed E-state index contributed by atoms with van der Waals surface area (Å²) in [5.41, 5.74) is 1.44. The van der Waals surface area contributed by atoms with Crippen LogP contribution in [-0.2, 0) is 4.74 Å². The average Bonchev–Trinajstić information content (AvgIpc) is 3.10. The highest BCUT2D eigenvalue weighted by atomic mass is 35.5. The average molecular weight is 397 g/mol. The van der Waals surface area contributed by atoms with E-state index in [4.69, 9.17) is 27.9 Å². The highest BCUT2D eigenvalue weighted by Gasteiger charge is 2.29. The molecule has 140 valence electrons. The van der Waals surface area contributed by atoms with Crippen molar-refractivity contribution < 1.29 is 14.3 Å². The molecule has 26 heavy (non-hydrogen) atoms. The summed E-state index contributed by atoms with van der Waals surface area (Å²) in [6.45, 7) is 4.04. The molecule has 1 N–H and O–H groups in total. The molecule has 2 unspecified atom stereocenters. The number of nitrogens with one attached hydrogen (secondary N) is 1. The van der Waals surface area contributed by atoms with Gasteiger partial charge < -0.3 is 9.72 Å². The minimum Gasteiger partial charge on any atom is -0.464 e. The topological polar surface area (TPSA) is 72.0 Å². The number of Topliss-reactive ketones (excluding diaryl/α,β-unsaturated/α-hetero) is 1. The van der Waals surface area contributed by atoms with Crippen molar-refractivity contribution in [2.45, 2.75) is 39.0 Å². The fourth-order valence-corrected chi connectivity index (χ4v) is 3.75. The van der Waals surface area contributed by atoms with Crippen molar-refractivity contribution in [2.75, 3.05) is 7.11 Å². The molecule has 1 aromatic heterocycles. The molecule has 0 aliphatic carbocycles. The lowest BCUT2D eigenvalue weighted by atomic mass is 9.80. The summed E-state index contributed by atoms with van der Waals surface area (Å²) in [6.07, 6.45) is 3.30. The van der Waals surface area contributed by atoms with Crippen molar-refractivity contribution in [2.24, 2.45) is 5.92 Å². The van der Waals surface area contributed by atoms with Gasteiger partial charge in [-0.1, -0.05) is 43.5 Å². The Morgan fingerprint density at radius 1 is 1.23 bits per heavy atom. The molecule has 0 fully saturated rings. The van der Waals surface area contributed by atoms with Crippen LogP contribution in [0.1, 0.15) is 65.6 Å². The molecule has 2 aromatic rings. The first kappa shape index (κ1) is 20.5. The number of rotatable bonds is 8. The van der Waals surface area contributed by atoms with Gasteiger partial charge in [0.05, 0.1) is 24.2 Å². The Kier molecular flexibility index (Phi) is 7.23. The molecule has 2 rings (SSSR count). The summed E-state index contributed by atoms with van der Waals surface area (Å²) in [5, 5.41) is 0.838. The van der Waals surface area contributed by atoms with E-state index in [0.717, 1.165) is 12.8 Å². The van der Waals surface area contributed by atoms with E-state index in [-0.39, 0.29) is 17.6 Å². The van der Waals surface area contributed by atoms with Gasteiger partial charge in [-0.25, -0.2) is 9.78 Å². The fourth-order valence-electron chi connectivity index (χ4n) is 3.24. The number of esters is 1. The summed E-state index contributed by atoms with van der Waals surface area (Å²) in [5.74, 6) is -0.536. The van der Waals surface area contributed by atoms with Crippen LogP contribution in [0.25, 0.3) is 0 Å².